The minimum absolute atomic E-state index is 0.141. The lowest BCUT2D eigenvalue weighted by molar-refractivity contribution is 0.101. The second-order valence-corrected chi connectivity index (χ2v) is 8.13. The molecule has 1 aliphatic rings. The number of rotatable bonds is 6. The average molecular weight is 338 g/mol. The molecule has 0 saturated carbocycles. The van der Waals surface area contributed by atoms with Gasteiger partial charge in [-0.1, -0.05) is 18.6 Å². The molecule has 0 amide bonds. The number of carbonyl (C=O) groups is 1. The Morgan fingerprint density at radius 1 is 1.39 bits per heavy atom. The van der Waals surface area contributed by atoms with Crippen molar-refractivity contribution >= 4 is 15.8 Å². The SMILES string of the molecule is CC(=O)c1cccc(S(=O)(=O)NC[C@@H](C)N2CCCC[C@H]2C)c1. The van der Waals surface area contributed by atoms with E-state index in [4.69, 9.17) is 0 Å². The first-order valence-corrected chi connectivity index (χ1v) is 9.66. The van der Waals surface area contributed by atoms with Crippen LogP contribution in [0.2, 0.25) is 0 Å². The van der Waals surface area contributed by atoms with Crippen LogP contribution in [0.1, 0.15) is 50.4 Å². The van der Waals surface area contributed by atoms with Gasteiger partial charge in [-0.05, 0) is 52.3 Å². The van der Waals surface area contributed by atoms with E-state index in [2.05, 4.69) is 23.5 Å². The van der Waals surface area contributed by atoms with Gasteiger partial charge in [-0.2, -0.15) is 0 Å². The fraction of sp³-hybridized carbons (Fsp3) is 0.588. The summed E-state index contributed by atoms with van der Waals surface area (Å²) in [5.74, 6) is -0.141. The maximum absolute atomic E-state index is 12.4. The van der Waals surface area contributed by atoms with E-state index in [1.807, 2.05) is 0 Å². The molecule has 2 atom stereocenters. The summed E-state index contributed by atoms with van der Waals surface area (Å²) in [4.78, 5) is 13.9. The Morgan fingerprint density at radius 2 is 2.13 bits per heavy atom. The Hall–Kier alpha value is -1.24. The van der Waals surface area contributed by atoms with Crippen LogP contribution in [0.5, 0.6) is 0 Å². The van der Waals surface area contributed by atoms with Gasteiger partial charge in [0.05, 0.1) is 4.90 Å². The third-order valence-electron chi connectivity index (χ3n) is 4.54. The topological polar surface area (TPSA) is 66.5 Å². The zero-order valence-corrected chi connectivity index (χ0v) is 14.9. The molecular formula is C17H26N2O3S. The molecule has 0 aromatic heterocycles. The van der Waals surface area contributed by atoms with Gasteiger partial charge in [0, 0.05) is 24.2 Å². The van der Waals surface area contributed by atoms with Crippen molar-refractivity contribution in [2.45, 2.75) is 57.0 Å². The molecule has 6 heteroatoms. The van der Waals surface area contributed by atoms with Gasteiger partial charge in [-0.25, -0.2) is 13.1 Å². The molecule has 0 aliphatic carbocycles. The summed E-state index contributed by atoms with van der Waals surface area (Å²) < 4.78 is 27.5. The summed E-state index contributed by atoms with van der Waals surface area (Å²) in [5.41, 5.74) is 0.408. The first-order valence-electron chi connectivity index (χ1n) is 8.17. The van der Waals surface area contributed by atoms with Crippen LogP contribution in [0.25, 0.3) is 0 Å². The molecule has 128 valence electrons. The Morgan fingerprint density at radius 3 is 2.78 bits per heavy atom. The Bertz CT molecular complexity index is 658. The largest absolute Gasteiger partial charge is 0.297 e. The van der Waals surface area contributed by atoms with Crippen LogP contribution < -0.4 is 4.72 Å². The molecule has 0 unspecified atom stereocenters. The Balaban J connectivity index is 2.03. The lowest BCUT2D eigenvalue weighted by Crippen LogP contribution is -2.48. The number of nitrogens with zero attached hydrogens (tertiary/aromatic N) is 1. The number of likely N-dealkylation sites (tertiary alicyclic amines) is 1. The van der Waals surface area contributed by atoms with Crippen molar-refractivity contribution in [2.75, 3.05) is 13.1 Å². The minimum atomic E-state index is -3.60. The van der Waals surface area contributed by atoms with Gasteiger partial charge in [0.1, 0.15) is 0 Å². The molecule has 1 saturated heterocycles. The van der Waals surface area contributed by atoms with Crippen molar-refractivity contribution in [3.05, 3.63) is 29.8 Å². The van der Waals surface area contributed by atoms with E-state index in [9.17, 15) is 13.2 Å². The molecule has 2 rings (SSSR count). The fourth-order valence-corrected chi connectivity index (χ4v) is 4.26. The van der Waals surface area contributed by atoms with Gasteiger partial charge < -0.3 is 0 Å². The minimum Gasteiger partial charge on any atom is -0.297 e. The van der Waals surface area contributed by atoms with Crippen LogP contribution in [0.3, 0.4) is 0 Å². The van der Waals surface area contributed by atoms with Gasteiger partial charge >= 0.3 is 0 Å². The van der Waals surface area contributed by atoms with E-state index in [0.29, 0.717) is 18.2 Å². The first kappa shape index (κ1) is 18.1. The van der Waals surface area contributed by atoms with Gasteiger partial charge in [0.25, 0.3) is 0 Å². The second-order valence-electron chi connectivity index (χ2n) is 6.37. The van der Waals surface area contributed by atoms with Crippen molar-refractivity contribution in [1.82, 2.24) is 9.62 Å². The predicted octanol–water partition coefficient (Wildman–Crippen LogP) is 2.43. The van der Waals surface area contributed by atoms with Crippen molar-refractivity contribution in [3.63, 3.8) is 0 Å². The van der Waals surface area contributed by atoms with Crippen molar-refractivity contribution in [2.24, 2.45) is 0 Å². The quantitative estimate of drug-likeness (QED) is 0.809. The molecule has 1 heterocycles. The summed E-state index contributed by atoms with van der Waals surface area (Å²) in [5, 5.41) is 0. The molecular weight excluding hydrogens is 312 g/mol. The highest BCUT2D eigenvalue weighted by Crippen LogP contribution is 2.19. The number of ketones is 1. The number of hydrogen-bond donors (Lipinski definition) is 1. The summed E-state index contributed by atoms with van der Waals surface area (Å²) in [6.45, 7) is 7.07. The van der Waals surface area contributed by atoms with E-state index in [1.54, 1.807) is 12.1 Å². The van der Waals surface area contributed by atoms with Crippen LogP contribution in [-0.4, -0.2) is 44.3 Å². The van der Waals surface area contributed by atoms with Gasteiger partial charge in [0.15, 0.2) is 5.78 Å². The fourth-order valence-electron chi connectivity index (χ4n) is 3.09. The van der Waals surface area contributed by atoms with Crippen LogP contribution in [0.15, 0.2) is 29.2 Å². The summed E-state index contributed by atoms with van der Waals surface area (Å²) in [6, 6.07) is 6.81. The zero-order valence-electron chi connectivity index (χ0n) is 14.1. The van der Waals surface area contributed by atoms with Crippen molar-refractivity contribution in [1.29, 1.82) is 0 Å². The van der Waals surface area contributed by atoms with Gasteiger partial charge in [-0.3, -0.25) is 9.69 Å². The molecule has 1 N–H and O–H groups in total. The highest BCUT2D eigenvalue weighted by atomic mass is 32.2. The van der Waals surface area contributed by atoms with E-state index in [0.717, 1.165) is 13.0 Å². The van der Waals surface area contributed by atoms with Crippen LogP contribution in [0, 0.1) is 0 Å². The molecule has 5 nitrogen and oxygen atoms in total. The standard InChI is InChI=1S/C17H26N2O3S/c1-13-7-4-5-10-19(13)14(2)12-18-23(21,22)17-9-6-8-16(11-17)15(3)20/h6,8-9,11,13-14,18H,4-5,7,10,12H2,1-3H3/t13-,14-/m1/s1. The lowest BCUT2D eigenvalue weighted by atomic mass is 10.0. The molecule has 23 heavy (non-hydrogen) atoms. The number of Topliss-reactive ketones (excluding diaryl/α,β-unsaturated/α-hetero) is 1. The summed E-state index contributed by atoms with van der Waals surface area (Å²) in [7, 11) is -3.60. The number of carbonyl (C=O) groups excluding carboxylic acids is 1. The maximum Gasteiger partial charge on any atom is 0.240 e. The van der Waals surface area contributed by atoms with Gasteiger partial charge in [-0.15, -0.1) is 0 Å². The van der Waals surface area contributed by atoms with Crippen LogP contribution in [-0.2, 0) is 10.0 Å². The number of hydrogen-bond acceptors (Lipinski definition) is 4. The molecule has 0 bridgehead atoms. The molecule has 1 aromatic carbocycles. The number of benzene rings is 1. The molecule has 0 spiro atoms. The predicted molar refractivity (Wildman–Crippen MR) is 91.1 cm³/mol. The molecule has 0 radical (unpaired) electrons. The molecule has 1 aliphatic heterocycles. The third kappa shape index (κ3) is 4.62. The monoisotopic (exact) mass is 338 g/mol. The average Bonchev–Trinajstić information content (AvgIpc) is 2.53. The van der Waals surface area contributed by atoms with Crippen molar-refractivity contribution in [3.8, 4) is 0 Å². The number of nitrogens with one attached hydrogen (secondary N) is 1. The highest BCUT2D eigenvalue weighted by Gasteiger charge is 2.24. The lowest BCUT2D eigenvalue weighted by Gasteiger charge is -2.38. The zero-order chi connectivity index (χ0) is 17.0. The third-order valence-corrected chi connectivity index (χ3v) is 5.96. The second kappa shape index (κ2) is 7.55. The molecule has 1 aromatic rings. The van der Waals surface area contributed by atoms with Gasteiger partial charge in [0.2, 0.25) is 10.0 Å². The van der Waals surface area contributed by atoms with Crippen LogP contribution in [0.4, 0.5) is 0 Å². The number of sulfonamides is 1. The highest BCUT2D eigenvalue weighted by molar-refractivity contribution is 7.89. The summed E-state index contributed by atoms with van der Waals surface area (Å²) >= 11 is 0. The smallest absolute Gasteiger partial charge is 0.240 e. The number of piperidine rings is 1. The first-order chi connectivity index (χ1) is 10.8. The van der Waals surface area contributed by atoms with E-state index in [1.165, 1.54) is 31.9 Å². The van der Waals surface area contributed by atoms with E-state index >= 15 is 0 Å². The van der Waals surface area contributed by atoms with Crippen molar-refractivity contribution < 1.29 is 13.2 Å². The maximum atomic E-state index is 12.4. The normalized spacial score (nSPS) is 21.1. The Kier molecular flexibility index (Phi) is 5.95. The van der Waals surface area contributed by atoms with Crippen LogP contribution >= 0.6 is 0 Å². The van der Waals surface area contributed by atoms with E-state index < -0.39 is 10.0 Å². The Labute approximate surface area is 139 Å². The van der Waals surface area contributed by atoms with E-state index in [-0.39, 0.29) is 16.7 Å². The molecule has 1 fully saturated rings. The summed E-state index contributed by atoms with van der Waals surface area (Å²) in [6.07, 6.45) is 3.58.